The van der Waals surface area contributed by atoms with Gasteiger partial charge in [-0.3, -0.25) is 0 Å². The molecule has 0 unspecified atom stereocenters. The van der Waals surface area contributed by atoms with Gasteiger partial charge in [0.1, 0.15) is 0 Å². The normalized spacial score (nSPS) is 11.3. The smallest absolute Gasteiger partial charge is 0.279 e. The number of aliphatic hydroxyl groups is 1. The molecule has 164 valence electrons. The van der Waals surface area contributed by atoms with Gasteiger partial charge in [0.2, 0.25) is 0 Å². The second-order valence-corrected chi connectivity index (χ2v) is 6.70. The van der Waals surface area contributed by atoms with E-state index in [2.05, 4.69) is 6.92 Å². The fraction of sp³-hybridized carbons (Fsp3) is 0.714. The van der Waals surface area contributed by atoms with Crippen LogP contribution in [0.5, 0.6) is 0 Å². The van der Waals surface area contributed by atoms with E-state index >= 15 is 0 Å². The van der Waals surface area contributed by atoms with Crippen molar-refractivity contribution in [2.75, 3.05) is 14.2 Å². The maximum Gasteiger partial charge on any atom is 0.279 e. The Bertz CT molecular complexity index is 549. The highest BCUT2D eigenvalue weighted by Crippen LogP contribution is 2.20. The van der Waals surface area contributed by atoms with Gasteiger partial charge in [-0.05, 0) is 24.5 Å². The van der Waals surface area contributed by atoms with Gasteiger partial charge in [0.15, 0.2) is 23.3 Å². The Hall–Kier alpha value is -1.18. The number of benzene rings is 1. The predicted octanol–water partition coefficient (Wildman–Crippen LogP) is 6.26. The summed E-state index contributed by atoms with van der Waals surface area (Å²) in [7, 11) is 2.93. The van der Waals surface area contributed by atoms with Crippen molar-refractivity contribution in [1.82, 2.24) is 0 Å². The summed E-state index contributed by atoms with van der Waals surface area (Å²) < 4.78 is 60.1. The van der Waals surface area contributed by atoms with Crippen LogP contribution in [0.3, 0.4) is 0 Å². The summed E-state index contributed by atoms with van der Waals surface area (Å²) in [6, 6.07) is 0.692. The molecule has 0 saturated heterocycles. The fourth-order valence-electron chi connectivity index (χ4n) is 2.67. The lowest BCUT2D eigenvalue weighted by Crippen LogP contribution is -2.32. The van der Waals surface area contributed by atoms with Gasteiger partial charge in [-0.2, -0.15) is 0 Å². The number of halogens is 4. The van der Waals surface area contributed by atoms with Gasteiger partial charge in [-0.25, -0.2) is 17.6 Å². The predicted molar refractivity (Wildman–Crippen MR) is 102 cm³/mol. The van der Waals surface area contributed by atoms with Crippen LogP contribution < -0.4 is 0 Å². The lowest BCUT2D eigenvalue weighted by atomic mass is 10.1. The molecule has 0 aliphatic carbocycles. The molecule has 28 heavy (non-hydrogen) atoms. The van der Waals surface area contributed by atoms with E-state index in [1.807, 2.05) is 0 Å². The van der Waals surface area contributed by atoms with Gasteiger partial charge >= 0.3 is 0 Å². The number of ether oxygens (including phenoxy) is 2. The van der Waals surface area contributed by atoms with Crippen LogP contribution in [0.4, 0.5) is 17.6 Å². The van der Waals surface area contributed by atoms with Crippen molar-refractivity contribution in [3.8, 4) is 0 Å². The molecule has 1 rings (SSSR count). The minimum atomic E-state index is -1.75. The van der Waals surface area contributed by atoms with Gasteiger partial charge < -0.3 is 14.6 Å². The summed E-state index contributed by atoms with van der Waals surface area (Å²) in [5.41, 5.74) is -0.126. The molecule has 1 N–H and O–H groups in total. The number of unbranched alkanes of at least 4 members (excludes halogenated alkanes) is 6. The van der Waals surface area contributed by atoms with Crippen molar-refractivity contribution >= 4 is 0 Å². The first kappa shape index (κ1) is 26.8. The Morgan fingerprint density at radius 3 is 1.82 bits per heavy atom. The molecule has 1 aromatic rings. The molecule has 0 atom stereocenters. The highest BCUT2D eigenvalue weighted by Gasteiger charge is 2.24. The molecular weight excluding hydrogens is 376 g/mol. The number of methoxy groups -OCH3 is 2. The lowest BCUT2D eigenvalue weighted by molar-refractivity contribution is -0.342. The van der Waals surface area contributed by atoms with E-state index in [0.29, 0.717) is 18.9 Å². The average molecular weight is 410 g/mol. The van der Waals surface area contributed by atoms with Crippen LogP contribution in [0.15, 0.2) is 6.07 Å². The molecule has 0 spiro atoms. The summed E-state index contributed by atoms with van der Waals surface area (Å²) in [6.45, 7) is 3.95. The van der Waals surface area contributed by atoms with Gasteiger partial charge in [-0.15, -0.1) is 0 Å². The second-order valence-electron chi connectivity index (χ2n) is 6.70. The van der Waals surface area contributed by atoms with Gasteiger partial charge in [0.25, 0.3) is 5.97 Å². The van der Waals surface area contributed by atoms with E-state index in [0.717, 1.165) is 12.8 Å². The van der Waals surface area contributed by atoms with Gasteiger partial charge in [0, 0.05) is 20.6 Å². The topological polar surface area (TPSA) is 38.7 Å². The standard InChI is InChI=1S/C12H26O3.C9H8F4/c1-4-5-6-7-8-9-10-11-12(13,14-2)15-3;1-2-3-5-4-6(10)8(12)9(13)7(5)11/h13H,4-11H2,1-3H3;4H,2-3H2,1H3. The molecule has 0 saturated carbocycles. The summed E-state index contributed by atoms with van der Waals surface area (Å²) in [6.07, 6.45) is 9.86. The first-order chi connectivity index (χ1) is 13.3. The Kier molecular flexibility index (Phi) is 14.1. The van der Waals surface area contributed by atoms with Crippen LogP contribution in [0.2, 0.25) is 0 Å². The van der Waals surface area contributed by atoms with E-state index in [4.69, 9.17) is 9.47 Å². The van der Waals surface area contributed by atoms with Crippen LogP contribution in [0.1, 0.15) is 77.2 Å². The van der Waals surface area contributed by atoms with Crippen molar-refractivity contribution < 1.29 is 32.1 Å². The van der Waals surface area contributed by atoms with Crippen molar-refractivity contribution in [2.24, 2.45) is 0 Å². The largest absolute Gasteiger partial charge is 0.343 e. The number of aryl methyl sites for hydroxylation is 1. The van der Waals surface area contributed by atoms with E-state index < -0.39 is 29.2 Å². The maximum atomic E-state index is 12.8. The summed E-state index contributed by atoms with van der Waals surface area (Å²) in [5, 5.41) is 9.63. The third kappa shape index (κ3) is 9.85. The van der Waals surface area contributed by atoms with E-state index in [1.54, 1.807) is 6.92 Å². The molecule has 0 aliphatic heterocycles. The zero-order chi connectivity index (χ0) is 21.6. The fourth-order valence-corrected chi connectivity index (χ4v) is 2.67. The van der Waals surface area contributed by atoms with Crippen LogP contribution in [-0.2, 0) is 15.9 Å². The molecule has 0 bridgehead atoms. The highest BCUT2D eigenvalue weighted by atomic mass is 19.2. The molecule has 0 aliphatic rings. The molecule has 0 fully saturated rings. The van der Waals surface area contributed by atoms with E-state index in [-0.39, 0.29) is 12.0 Å². The van der Waals surface area contributed by atoms with E-state index in [1.165, 1.54) is 46.3 Å². The Labute approximate surface area is 166 Å². The minimum absolute atomic E-state index is 0.126. The van der Waals surface area contributed by atoms with Crippen molar-refractivity contribution in [2.45, 2.75) is 84.0 Å². The van der Waals surface area contributed by atoms with E-state index in [9.17, 15) is 22.7 Å². The third-order valence-electron chi connectivity index (χ3n) is 4.43. The van der Waals surface area contributed by atoms with Crippen LogP contribution >= 0.6 is 0 Å². The quantitative estimate of drug-likeness (QED) is 0.145. The van der Waals surface area contributed by atoms with Gasteiger partial charge in [0.05, 0.1) is 0 Å². The lowest BCUT2D eigenvalue weighted by Gasteiger charge is -2.23. The third-order valence-corrected chi connectivity index (χ3v) is 4.43. The molecule has 7 heteroatoms. The van der Waals surface area contributed by atoms with Crippen LogP contribution in [0, 0.1) is 23.3 Å². The zero-order valence-electron chi connectivity index (χ0n) is 17.4. The van der Waals surface area contributed by atoms with Crippen molar-refractivity contribution in [3.05, 3.63) is 34.9 Å². The molecular formula is C21H34F4O3. The Morgan fingerprint density at radius 2 is 1.32 bits per heavy atom. The summed E-state index contributed by atoms with van der Waals surface area (Å²) in [5.74, 6) is -7.49. The molecule has 3 nitrogen and oxygen atoms in total. The monoisotopic (exact) mass is 410 g/mol. The SMILES string of the molecule is CCCCCCCCCC(O)(OC)OC.CCCc1cc(F)c(F)c(F)c1F. The first-order valence-corrected chi connectivity index (χ1v) is 9.90. The summed E-state index contributed by atoms with van der Waals surface area (Å²) in [4.78, 5) is 0. The zero-order valence-corrected chi connectivity index (χ0v) is 17.4. The van der Waals surface area contributed by atoms with Crippen LogP contribution in [0.25, 0.3) is 0 Å². The molecule has 0 amide bonds. The van der Waals surface area contributed by atoms with Gasteiger partial charge in [-0.1, -0.05) is 58.8 Å². The molecule has 0 heterocycles. The maximum absolute atomic E-state index is 12.8. The minimum Gasteiger partial charge on any atom is -0.343 e. The molecule has 0 radical (unpaired) electrons. The number of rotatable bonds is 12. The Balaban J connectivity index is 0.000000525. The number of hydrogen-bond acceptors (Lipinski definition) is 3. The van der Waals surface area contributed by atoms with Crippen LogP contribution in [-0.4, -0.2) is 25.3 Å². The molecule has 0 aromatic heterocycles. The first-order valence-electron chi connectivity index (χ1n) is 9.90. The molecule has 1 aromatic carbocycles. The number of hydrogen-bond donors (Lipinski definition) is 1. The summed E-state index contributed by atoms with van der Waals surface area (Å²) >= 11 is 0. The Morgan fingerprint density at radius 1 is 0.786 bits per heavy atom. The average Bonchev–Trinajstić information content (AvgIpc) is 2.70. The highest BCUT2D eigenvalue weighted by molar-refractivity contribution is 5.21. The van der Waals surface area contributed by atoms with Crippen molar-refractivity contribution in [3.63, 3.8) is 0 Å². The second kappa shape index (κ2) is 14.8. The van der Waals surface area contributed by atoms with Crippen molar-refractivity contribution in [1.29, 1.82) is 0 Å².